The number of ether oxygens (including phenoxy) is 2. The van der Waals surface area contributed by atoms with E-state index in [0.29, 0.717) is 0 Å². The van der Waals surface area contributed by atoms with E-state index in [1.165, 1.54) is 7.05 Å². The van der Waals surface area contributed by atoms with Crippen LogP contribution in [0.2, 0.25) is 0 Å². The summed E-state index contributed by atoms with van der Waals surface area (Å²) >= 11 is 0. The zero-order valence-corrected chi connectivity index (χ0v) is 11.9. The van der Waals surface area contributed by atoms with Gasteiger partial charge < -0.3 is 9.47 Å². The summed E-state index contributed by atoms with van der Waals surface area (Å²) in [6.45, 7) is 1.76. The van der Waals surface area contributed by atoms with Gasteiger partial charge in [0.25, 0.3) is 0 Å². The molecule has 8 heteroatoms. The molecule has 1 rings (SSSR count). The topological polar surface area (TPSA) is 85.8 Å². The zero-order valence-electron chi connectivity index (χ0n) is 11.9. The van der Waals surface area contributed by atoms with Crippen molar-refractivity contribution in [1.82, 2.24) is 4.98 Å². The second-order valence-electron chi connectivity index (χ2n) is 3.95. The Morgan fingerprint density at radius 3 is 2.62 bits per heavy atom. The molecule has 1 aromatic heterocycles. The lowest BCUT2D eigenvalue weighted by atomic mass is 10.2. The van der Waals surface area contributed by atoms with E-state index in [4.69, 9.17) is 0 Å². The number of carbonyl (C=O) groups excluding carboxylic acids is 3. The molecule has 0 saturated heterocycles. The Balaban J connectivity index is 3.01. The van der Waals surface area contributed by atoms with Crippen molar-refractivity contribution in [1.29, 1.82) is 0 Å². The molecule has 21 heavy (non-hydrogen) atoms. The average molecular weight is 298 g/mol. The molecule has 0 fully saturated rings. The molecule has 0 unspecified atom stereocenters. The third kappa shape index (κ3) is 4.23. The third-order valence-electron chi connectivity index (χ3n) is 2.53. The lowest BCUT2D eigenvalue weighted by molar-refractivity contribution is -0.145. The normalized spacial score (nSPS) is 9.90. The molecule has 0 aliphatic rings. The summed E-state index contributed by atoms with van der Waals surface area (Å²) in [5, 5.41) is 0. The second kappa shape index (κ2) is 7.32. The Bertz CT molecular complexity index is 561. The van der Waals surface area contributed by atoms with E-state index < -0.39 is 30.1 Å². The first kappa shape index (κ1) is 16.5. The third-order valence-corrected chi connectivity index (χ3v) is 2.53. The molecule has 1 aromatic rings. The number of hydrogen-bond donors (Lipinski definition) is 0. The van der Waals surface area contributed by atoms with Crippen LogP contribution in [0.3, 0.4) is 0 Å². The van der Waals surface area contributed by atoms with E-state index >= 15 is 0 Å². The Morgan fingerprint density at radius 2 is 2.05 bits per heavy atom. The van der Waals surface area contributed by atoms with Crippen LogP contribution in [0.4, 0.5) is 10.2 Å². The minimum atomic E-state index is -0.840. The van der Waals surface area contributed by atoms with Crippen LogP contribution in [0.15, 0.2) is 12.3 Å². The molecule has 0 N–H and O–H groups in total. The van der Waals surface area contributed by atoms with E-state index in [-0.39, 0.29) is 18.0 Å². The first-order valence-corrected chi connectivity index (χ1v) is 6.06. The fourth-order valence-electron chi connectivity index (χ4n) is 1.53. The number of rotatable bonds is 5. The molecule has 0 aliphatic carbocycles. The maximum atomic E-state index is 13.2. The van der Waals surface area contributed by atoms with Crippen molar-refractivity contribution in [2.75, 3.05) is 25.7 Å². The Hall–Kier alpha value is -2.51. The highest BCUT2D eigenvalue weighted by atomic mass is 19.1. The molecule has 7 nitrogen and oxygen atoms in total. The van der Waals surface area contributed by atoms with Gasteiger partial charge in [-0.1, -0.05) is 0 Å². The molecule has 0 bridgehead atoms. The van der Waals surface area contributed by atoms with Crippen LogP contribution in [-0.2, 0) is 19.1 Å². The van der Waals surface area contributed by atoms with Gasteiger partial charge in [-0.3, -0.25) is 14.5 Å². The van der Waals surface area contributed by atoms with Crippen molar-refractivity contribution < 1.29 is 28.2 Å². The van der Waals surface area contributed by atoms with E-state index in [9.17, 15) is 18.8 Å². The largest absolute Gasteiger partial charge is 0.466 e. The minimum absolute atomic E-state index is 0.0995. The molecule has 1 heterocycles. The highest BCUT2D eigenvalue weighted by Crippen LogP contribution is 2.19. The summed E-state index contributed by atoms with van der Waals surface area (Å²) in [7, 11) is 2.44. The van der Waals surface area contributed by atoms with Gasteiger partial charge in [0.1, 0.15) is 23.6 Å². The molecule has 0 radical (unpaired) electrons. The van der Waals surface area contributed by atoms with Gasteiger partial charge >= 0.3 is 11.9 Å². The maximum absolute atomic E-state index is 13.2. The Labute approximate surface area is 120 Å². The number of nitrogens with zero attached hydrogens (tertiary/aromatic N) is 2. The number of methoxy groups -OCH3 is 1. The number of aromatic nitrogens is 1. The number of carbonyl (C=O) groups is 3. The molecule has 114 valence electrons. The van der Waals surface area contributed by atoms with E-state index in [0.717, 1.165) is 24.3 Å². The molecular weight excluding hydrogens is 283 g/mol. The van der Waals surface area contributed by atoms with Gasteiger partial charge in [0.05, 0.1) is 19.9 Å². The summed E-state index contributed by atoms with van der Waals surface area (Å²) in [6, 6.07) is 0.905. The van der Waals surface area contributed by atoms with Crippen LogP contribution in [0.5, 0.6) is 0 Å². The predicted molar refractivity (Wildman–Crippen MR) is 70.2 cm³/mol. The SMILES string of the molecule is CCOC(=O)CC(=O)N(C)c1ncc(F)cc1C(=O)OC. The summed E-state index contributed by atoms with van der Waals surface area (Å²) in [5.74, 6) is -3.02. The highest BCUT2D eigenvalue weighted by molar-refractivity contribution is 6.06. The summed E-state index contributed by atoms with van der Waals surface area (Å²) < 4.78 is 22.3. The molecular formula is C13H15FN2O5. The predicted octanol–water partition coefficient (Wildman–Crippen LogP) is 0.923. The number of hydrogen-bond acceptors (Lipinski definition) is 6. The number of amides is 1. The molecule has 0 aromatic carbocycles. The fraction of sp³-hybridized carbons (Fsp3) is 0.385. The van der Waals surface area contributed by atoms with Crippen molar-refractivity contribution in [2.24, 2.45) is 0 Å². The number of anilines is 1. The van der Waals surface area contributed by atoms with Crippen LogP contribution >= 0.6 is 0 Å². The Morgan fingerprint density at radius 1 is 1.38 bits per heavy atom. The first-order valence-electron chi connectivity index (χ1n) is 6.06. The van der Waals surface area contributed by atoms with Gasteiger partial charge in [0, 0.05) is 7.05 Å². The van der Waals surface area contributed by atoms with Crippen molar-refractivity contribution in [3.05, 3.63) is 23.6 Å². The molecule has 0 atom stereocenters. The van der Waals surface area contributed by atoms with Gasteiger partial charge in [0.2, 0.25) is 5.91 Å². The van der Waals surface area contributed by atoms with E-state index in [2.05, 4.69) is 14.5 Å². The zero-order chi connectivity index (χ0) is 16.0. The lowest BCUT2D eigenvalue weighted by Gasteiger charge is -2.18. The van der Waals surface area contributed by atoms with Gasteiger partial charge in [-0.25, -0.2) is 14.2 Å². The molecule has 0 aliphatic heterocycles. The quantitative estimate of drug-likeness (QED) is 0.593. The highest BCUT2D eigenvalue weighted by Gasteiger charge is 2.23. The van der Waals surface area contributed by atoms with Crippen molar-refractivity contribution >= 4 is 23.7 Å². The monoisotopic (exact) mass is 298 g/mol. The van der Waals surface area contributed by atoms with Crippen molar-refractivity contribution in [2.45, 2.75) is 13.3 Å². The van der Waals surface area contributed by atoms with Gasteiger partial charge in [-0.15, -0.1) is 0 Å². The minimum Gasteiger partial charge on any atom is -0.466 e. The van der Waals surface area contributed by atoms with Gasteiger partial charge in [-0.2, -0.15) is 0 Å². The summed E-state index contributed by atoms with van der Waals surface area (Å²) in [6.07, 6.45) is 0.347. The Kier molecular flexibility index (Phi) is 5.77. The smallest absolute Gasteiger partial charge is 0.341 e. The number of halogens is 1. The van der Waals surface area contributed by atoms with Crippen LogP contribution in [-0.4, -0.2) is 43.6 Å². The first-order chi connectivity index (χ1) is 9.90. The fourth-order valence-corrected chi connectivity index (χ4v) is 1.53. The summed E-state index contributed by atoms with van der Waals surface area (Å²) in [5.41, 5.74) is -0.211. The van der Waals surface area contributed by atoms with Crippen molar-refractivity contribution in [3.8, 4) is 0 Å². The van der Waals surface area contributed by atoms with Crippen LogP contribution in [0, 0.1) is 5.82 Å². The van der Waals surface area contributed by atoms with E-state index in [1.807, 2.05) is 0 Å². The molecule has 0 spiro atoms. The number of esters is 2. The van der Waals surface area contributed by atoms with Gasteiger partial charge in [0.15, 0.2) is 0 Å². The summed E-state index contributed by atoms with van der Waals surface area (Å²) in [4.78, 5) is 39.4. The maximum Gasteiger partial charge on any atom is 0.341 e. The molecule has 0 saturated carbocycles. The van der Waals surface area contributed by atoms with Crippen molar-refractivity contribution in [3.63, 3.8) is 0 Å². The lowest BCUT2D eigenvalue weighted by Crippen LogP contribution is -2.31. The van der Waals surface area contributed by atoms with Crippen LogP contribution in [0.1, 0.15) is 23.7 Å². The number of pyridine rings is 1. The van der Waals surface area contributed by atoms with Gasteiger partial charge in [-0.05, 0) is 13.0 Å². The van der Waals surface area contributed by atoms with Crippen LogP contribution < -0.4 is 4.90 Å². The standard InChI is InChI=1S/C13H15FN2O5/c1-4-21-11(18)6-10(17)16(2)12-9(13(19)20-3)5-8(14)7-15-12/h5,7H,4,6H2,1-3H3. The van der Waals surface area contributed by atoms with Crippen LogP contribution in [0.25, 0.3) is 0 Å². The molecule has 1 amide bonds. The average Bonchev–Trinajstić information content (AvgIpc) is 2.45. The second-order valence-corrected chi connectivity index (χ2v) is 3.95. The van der Waals surface area contributed by atoms with E-state index in [1.54, 1.807) is 6.92 Å².